The largest absolute Gasteiger partial charge is 0.478 e. The second kappa shape index (κ2) is 10.1. The number of hydrogen-bond acceptors (Lipinski definition) is 3. The van der Waals surface area contributed by atoms with Crippen LogP contribution in [0.4, 0.5) is 0 Å². The van der Waals surface area contributed by atoms with Gasteiger partial charge in [0, 0.05) is 37.9 Å². The molecule has 1 heterocycles. The minimum atomic E-state index is -0.925. The molecule has 0 fully saturated rings. The molecule has 0 saturated carbocycles. The first-order valence-electron chi connectivity index (χ1n) is 8.69. The lowest BCUT2D eigenvalue weighted by molar-refractivity contribution is -0.131. The third-order valence-electron chi connectivity index (χ3n) is 4.14. The second-order valence-electron chi connectivity index (χ2n) is 6.13. The lowest BCUT2D eigenvalue weighted by Gasteiger charge is -2.17. The number of nitrogens with one attached hydrogen (secondary N) is 1. The van der Waals surface area contributed by atoms with Gasteiger partial charge in [0.05, 0.1) is 0 Å². The van der Waals surface area contributed by atoms with E-state index < -0.39 is 5.97 Å². The molecule has 0 radical (unpaired) electrons. The van der Waals surface area contributed by atoms with Gasteiger partial charge < -0.3 is 10.4 Å². The van der Waals surface area contributed by atoms with Gasteiger partial charge in [-0.15, -0.1) is 0 Å². The Labute approximate surface area is 153 Å². The molecule has 2 N–H and O–H groups in total. The summed E-state index contributed by atoms with van der Waals surface area (Å²) in [4.78, 5) is 25.8. The van der Waals surface area contributed by atoms with E-state index in [2.05, 4.69) is 34.6 Å². The minimum Gasteiger partial charge on any atom is -0.478 e. The van der Waals surface area contributed by atoms with Crippen molar-refractivity contribution in [3.8, 4) is 0 Å². The summed E-state index contributed by atoms with van der Waals surface area (Å²) >= 11 is 0. The normalized spacial score (nSPS) is 12.0. The Morgan fingerprint density at radius 3 is 2.58 bits per heavy atom. The Morgan fingerprint density at radius 2 is 1.96 bits per heavy atom. The van der Waals surface area contributed by atoms with Crippen LogP contribution < -0.4 is 5.32 Å². The summed E-state index contributed by atoms with van der Waals surface area (Å²) < 4.78 is 0. The summed E-state index contributed by atoms with van der Waals surface area (Å²) in [6.07, 6.45) is 8.75. The highest BCUT2D eigenvalue weighted by atomic mass is 16.4. The fourth-order valence-corrected chi connectivity index (χ4v) is 2.85. The number of rotatable bonds is 9. The predicted octanol–water partition coefficient (Wildman–Crippen LogP) is 3.31. The molecule has 26 heavy (non-hydrogen) atoms. The number of carboxylic acid groups (broad SMARTS) is 1. The van der Waals surface area contributed by atoms with Crippen molar-refractivity contribution in [2.75, 3.05) is 6.54 Å². The maximum Gasteiger partial charge on any atom is 0.327 e. The first kappa shape index (κ1) is 19.4. The topological polar surface area (TPSA) is 79.3 Å². The number of aromatic nitrogens is 1. The molecule has 0 aliphatic rings. The molecule has 2 rings (SSSR count). The molecule has 5 heteroatoms. The molecular weight excluding hydrogens is 328 g/mol. The van der Waals surface area contributed by atoms with E-state index >= 15 is 0 Å². The first-order valence-corrected chi connectivity index (χ1v) is 8.69. The van der Waals surface area contributed by atoms with Crippen molar-refractivity contribution in [3.63, 3.8) is 0 Å². The third kappa shape index (κ3) is 6.51. The molecule has 5 nitrogen and oxygen atoms in total. The molecule has 2 aromatic rings. The van der Waals surface area contributed by atoms with Gasteiger partial charge in [-0.1, -0.05) is 36.4 Å². The van der Waals surface area contributed by atoms with E-state index in [0.29, 0.717) is 13.0 Å². The number of carbonyl (C=O) groups is 2. The zero-order valence-corrected chi connectivity index (χ0v) is 14.9. The molecule has 0 spiro atoms. The molecule has 1 unspecified atom stereocenters. The molecule has 136 valence electrons. The molecule has 0 aliphatic carbocycles. The first-order chi connectivity index (χ1) is 12.6. The highest BCUT2D eigenvalue weighted by molar-refractivity contribution is 5.79. The molecule has 1 aromatic carbocycles. The number of benzene rings is 1. The number of amides is 1. The standard InChI is InChI=1S/C21H24N2O3/c1-16(24)23-14-12-17-8-10-18(11-9-17)20(6-2-3-7-21(25)26)19-5-4-13-22-15-19/h3-5,7-11,13,15,20H,2,6,12,14H2,1H3,(H,23,24)(H,25,26). The Balaban J connectivity index is 2.09. The van der Waals surface area contributed by atoms with Gasteiger partial charge in [0.1, 0.15) is 0 Å². The van der Waals surface area contributed by atoms with Gasteiger partial charge in [0.15, 0.2) is 0 Å². The minimum absolute atomic E-state index is 0.0207. The monoisotopic (exact) mass is 352 g/mol. The zero-order valence-electron chi connectivity index (χ0n) is 14.9. The smallest absolute Gasteiger partial charge is 0.327 e. The number of allylic oxidation sites excluding steroid dienone is 1. The summed E-state index contributed by atoms with van der Waals surface area (Å²) in [5.41, 5.74) is 3.45. The summed E-state index contributed by atoms with van der Waals surface area (Å²) in [5, 5.41) is 11.5. The Hall–Kier alpha value is -2.95. The van der Waals surface area contributed by atoms with Crippen LogP contribution in [0.15, 0.2) is 60.9 Å². The van der Waals surface area contributed by atoms with E-state index in [9.17, 15) is 9.59 Å². The number of pyridine rings is 1. The van der Waals surface area contributed by atoms with Crippen molar-refractivity contribution < 1.29 is 14.7 Å². The van der Waals surface area contributed by atoms with Crippen LogP contribution in [0, 0.1) is 0 Å². The van der Waals surface area contributed by atoms with Gasteiger partial charge >= 0.3 is 5.97 Å². The van der Waals surface area contributed by atoms with Crippen molar-refractivity contribution in [1.82, 2.24) is 10.3 Å². The van der Waals surface area contributed by atoms with Gasteiger partial charge in [-0.25, -0.2) is 4.79 Å². The van der Waals surface area contributed by atoms with Crippen molar-refractivity contribution in [2.24, 2.45) is 0 Å². The molecule has 0 aliphatic heterocycles. The van der Waals surface area contributed by atoms with Crippen LogP contribution in [0.25, 0.3) is 0 Å². The van der Waals surface area contributed by atoms with E-state index in [4.69, 9.17) is 5.11 Å². The van der Waals surface area contributed by atoms with Crippen LogP contribution in [0.5, 0.6) is 0 Å². The van der Waals surface area contributed by atoms with Crippen LogP contribution >= 0.6 is 0 Å². The molecule has 1 atom stereocenters. The van der Waals surface area contributed by atoms with E-state index in [1.165, 1.54) is 24.1 Å². The molecule has 1 amide bonds. The lowest BCUT2D eigenvalue weighted by Crippen LogP contribution is -2.22. The van der Waals surface area contributed by atoms with Gasteiger partial charge in [0.2, 0.25) is 5.91 Å². The average molecular weight is 352 g/mol. The fraction of sp³-hybridized carbons (Fsp3) is 0.286. The highest BCUT2D eigenvalue weighted by Crippen LogP contribution is 2.29. The van der Waals surface area contributed by atoms with Gasteiger partial charge in [-0.05, 0) is 42.0 Å². The molecule has 0 bridgehead atoms. The van der Waals surface area contributed by atoms with E-state index in [-0.39, 0.29) is 11.8 Å². The average Bonchev–Trinajstić information content (AvgIpc) is 2.63. The van der Waals surface area contributed by atoms with Crippen molar-refractivity contribution in [2.45, 2.75) is 32.1 Å². The lowest BCUT2D eigenvalue weighted by atomic mass is 9.87. The van der Waals surface area contributed by atoms with Gasteiger partial charge in [-0.2, -0.15) is 0 Å². The van der Waals surface area contributed by atoms with E-state index in [1.807, 2.05) is 18.3 Å². The Kier molecular flexibility index (Phi) is 7.55. The number of aliphatic carboxylic acids is 1. The van der Waals surface area contributed by atoms with Gasteiger partial charge in [0.25, 0.3) is 0 Å². The Bertz CT molecular complexity index is 740. The third-order valence-corrected chi connectivity index (χ3v) is 4.14. The maximum atomic E-state index is 10.9. The maximum absolute atomic E-state index is 10.9. The predicted molar refractivity (Wildman–Crippen MR) is 101 cm³/mol. The summed E-state index contributed by atoms with van der Waals surface area (Å²) in [5.74, 6) is -0.786. The quantitative estimate of drug-likeness (QED) is 0.679. The van der Waals surface area contributed by atoms with Crippen LogP contribution in [0.2, 0.25) is 0 Å². The van der Waals surface area contributed by atoms with Crippen LogP contribution in [-0.4, -0.2) is 28.5 Å². The zero-order chi connectivity index (χ0) is 18.8. The van der Waals surface area contributed by atoms with E-state index in [1.54, 1.807) is 12.3 Å². The Morgan fingerprint density at radius 1 is 1.19 bits per heavy atom. The molecule has 0 saturated heterocycles. The van der Waals surface area contributed by atoms with Crippen LogP contribution in [0.3, 0.4) is 0 Å². The van der Waals surface area contributed by atoms with Crippen molar-refractivity contribution in [3.05, 3.63) is 77.6 Å². The summed E-state index contributed by atoms with van der Waals surface area (Å²) in [6.45, 7) is 2.14. The summed E-state index contributed by atoms with van der Waals surface area (Å²) in [6, 6.07) is 12.3. The van der Waals surface area contributed by atoms with Crippen molar-refractivity contribution >= 4 is 11.9 Å². The van der Waals surface area contributed by atoms with Crippen LogP contribution in [-0.2, 0) is 16.0 Å². The second-order valence-corrected chi connectivity index (χ2v) is 6.13. The molecular formula is C21H24N2O3. The number of nitrogens with zero attached hydrogens (tertiary/aromatic N) is 1. The number of carboxylic acids is 1. The number of carbonyl (C=O) groups excluding carboxylic acids is 1. The van der Waals surface area contributed by atoms with Gasteiger partial charge in [-0.3, -0.25) is 9.78 Å². The SMILES string of the molecule is CC(=O)NCCc1ccc(C(CCC=CC(=O)O)c2cccnc2)cc1. The molecule has 1 aromatic heterocycles. The highest BCUT2D eigenvalue weighted by Gasteiger charge is 2.13. The number of hydrogen-bond donors (Lipinski definition) is 2. The van der Waals surface area contributed by atoms with Crippen molar-refractivity contribution in [1.29, 1.82) is 0 Å². The van der Waals surface area contributed by atoms with E-state index in [0.717, 1.165) is 18.4 Å². The summed E-state index contributed by atoms with van der Waals surface area (Å²) in [7, 11) is 0. The van der Waals surface area contributed by atoms with Crippen LogP contribution in [0.1, 0.15) is 42.4 Å². The fourth-order valence-electron chi connectivity index (χ4n) is 2.85.